The van der Waals surface area contributed by atoms with Gasteiger partial charge in [-0.15, -0.1) is 0 Å². The Morgan fingerprint density at radius 2 is 1.82 bits per heavy atom. The van der Waals surface area contributed by atoms with Crippen LogP contribution in [0, 0.1) is 6.92 Å². The number of methoxy groups -OCH3 is 2. The fraction of sp³-hybridized carbons (Fsp3) is 0.400. The minimum absolute atomic E-state index is 0.0832. The van der Waals surface area contributed by atoms with Crippen molar-refractivity contribution in [2.45, 2.75) is 44.9 Å². The molecule has 1 amide bonds. The van der Waals surface area contributed by atoms with Gasteiger partial charge in [-0.25, -0.2) is 0 Å². The molecule has 1 fully saturated rings. The Labute approximate surface area is 197 Å². The second-order valence-corrected chi connectivity index (χ2v) is 8.21. The van der Waals surface area contributed by atoms with Crippen molar-refractivity contribution in [3.8, 4) is 11.5 Å². The van der Waals surface area contributed by atoms with E-state index in [0.717, 1.165) is 17.8 Å². The predicted octanol–water partition coefficient (Wildman–Crippen LogP) is 5.23. The van der Waals surface area contributed by atoms with Gasteiger partial charge >= 0.3 is 6.18 Å². The number of anilines is 2. The fourth-order valence-corrected chi connectivity index (χ4v) is 3.85. The van der Waals surface area contributed by atoms with Crippen molar-refractivity contribution in [2.24, 2.45) is 0 Å². The van der Waals surface area contributed by atoms with Gasteiger partial charge in [-0.1, -0.05) is 25.1 Å². The van der Waals surface area contributed by atoms with Crippen molar-refractivity contribution >= 4 is 17.3 Å². The molecule has 0 bridgehead atoms. The van der Waals surface area contributed by atoms with Gasteiger partial charge in [0.15, 0.2) is 0 Å². The predicted molar refractivity (Wildman–Crippen MR) is 126 cm³/mol. The van der Waals surface area contributed by atoms with E-state index in [1.54, 1.807) is 23.2 Å². The lowest BCUT2D eigenvalue weighted by atomic mass is 9.93. The number of alkyl halides is 3. The number of halogens is 3. The number of rotatable bonds is 10. The average molecular weight is 478 g/mol. The fourth-order valence-electron chi connectivity index (χ4n) is 3.85. The standard InChI is InChI=1S/C25H30F3N3O3/c1-5-31(20-10-9-17(11-16(20)2)14-29-18-7-6-8-18)19-12-21(33-3)23(22(13-19)34-4)24(32)30-15-25(26,27)28/h5,9-13,18,29H,1,6-8,14-15H2,2-4H3,(H,30,32). The van der Waals surface area contributed by atoms with Crippen molar-refractivity contribution in [1.29, 1.82) is 0 Å². The number of amides is 1. The summed E-state index contributed by atoms with van der Waals surface area (Å²) in [4.78, 5) is 14.3. The highest BCUT2D eigenvalue weighted by Gasteiger charge is 2.30. The number of nitrogens with one attached hydrogen (secondary N) is 2. The molecule has 3 rings (SSSR count). The highest BCUT2D eigenvalue weighted by Crippen LogP contribution is 2.38. The monoisotopic (exact) mass is 477 g/mol. The Kier molecular flexibility index (Phi) is 8.09. The molecule has 9 heteroatoms. The van der Waals surface area contributed by atoms with Crippen molar-refractivity contribution in [3.63, 3.8) is 0 Å². The molecule has 6 nitrogen and oxygen atoms in total. The second kappa shape index (κ2) is 10.8. The highest BCUT2D eigenvalue weighted by molar-refractivity contribution is 6.00. The van der Waals surface area contributed by atoms with Gasteiger partial charge in [-0.05, 0) is 37.0 Å². The number of carbonyl (C=O) groups excluding carboxylic acids is 1. The number of nitrogens with zero attached hydrogens (tertiary/aromatic N) is 1. The smallest absolute Gasteiger partial charge is 0.405 e. The molecule has 34 heavy (non-hydrogen) atoms. The maximum atomic E-state index is 12.6. The van der Waals surface area contributed by atoms with E-state index in [1.807, 2.05) is 24.4 Å². The summed E-state index contributed by atoms with van der Waals surface area (Å²) in [5.74, 6) is -0.776. The maximum Gasteiger partial charge on any atom is 0.405 e. The van der Waals surface area contributed by atoms with Crippen molar-refractivity contribution in [2.75, 3.05) is 25.7 Å². The molecule has 0 saturated heterocycles. The number of ether oxygens (including phenoxy) is 2. The molecule has 2 aromatic rings. The lowest BCUT2D eigenvalue weighted by Gasteiger charge is -2.27. The number of hydrogen-bond acceptors (Lipinski definition) is 5. The molecule has 2 N–H and O–H groups in total. The zero-order valence-electron chi connectivity index (χ0n) is 19.6. The van der Waals surface area contributed by atoms with Crippen molar-refractivity contribution < 1.29 is 27.4 Å². The van der Waals surface area contributed by atoms with Crippen LogP contribution in [0.2, 0.25) is 0 Å². The first-order valence-electron chi connectivity index (χ1n) is 11.0. The molecule has 184 valence electrons. The van der Waals surface area contributed by atoms with Crippen LogP contribution in [0.15, 0.2) is 43.1 Å². The van der Waals surface area contributed by atoms with Gasteiger partial charge in [0.2, 0.25) is 0 Å². The van der Waals surface area contributed by atoms with Gasteiger partial charge in [0, 0.05) is 36.6 Å². The van der Waals surface area contributed by atoms with Gasteiger partial charge in [-0.2, -0.15) is 13.2 Å². The van der Waals surface area contributed by atoms with Gasteiger partial charge in [0.1, 0.15) is 23.6 Å². The second-order valence-electron chi connectivity index (χ2n) is 8.21. The van der Waals surface area contributed by atoms with Crippen LogP contribution in [0.4, 0.5) is 24.5 Å². The molecule has 0 unspecified atom stereocenters. The Hall–Kier alpha value is -3.20. The first-order chi connectivity index (χ1) is 16.2. The average Bonchev–Trinajstić information content (AvgIpc) is 2.77. The van der Waals surface area contributed by atoms with Crippen LogP contribution in [0.25, 0.3) is 0 Å². The maximum absolute atomic E-state index is 12.6. The Balaban J connectivity index is 1.89. The highest BCUT2D eigenvalue weighted by atomic mass is 19.4. The Bertz CT molecular complexity index is 1010. The van der Waals surface area contributed by atoms with E-state index in [0.29, 0.717) is 11.7 Å². The molecular weight excluding hydrogens is 447 g/mol. The van der Waals surface area contributed by atoms with Crippen LogP contribution >= 0.6 is 0 Å². The first kappa shape index (κ1) is 25.4. The number of benzene rings is 2. The van der Waals surface area contributed by atoms with E-state index in [4.69, 9.17) is 9.47 Å². The minimum atomic E-state index is -4.53. The third-order valence-electron chi connectivity index (χ3n) is 5.85. The van der Waals surface area contributed by atoms with E-state index in [-0.39, 0.29) is 17.1 Å². The van der Waals surface area contributed by atoms with Crippen molar-refractivity contribution in [3.05, 3.63) is 59.8 Å². The molecule has 0 atom stereocenters. The molecule has 2 aromatic carbocycles. The van der Waals surface area contributed by atoms with E-state index in [2.05, 4.69) is 18.0 Å². The van der Waals surface area contributed by atoms with E-state index in [9.17, 15) is 18.0 Å². The summed E-state index contributed by atoms with van der Waals surface area (Å²) >= 11 is 0. The molecule has 0 aliphatic heterocycles. The minimum Gasteiger partial charge on any atom is -0.496 e. The summed E-state index contributed by atoms with van der Waals surface area (Å²) in [5.41, 5.74) is 3.51. The summed E-state index contributed by atoms with van der Waals surface area (Å²) in [6, 6.07) is 9.85. The lowest BCUT2D eigenvalue weighted by molar-refractivity contribution is -0.123. The molecule has 0 spiro atoms. The molecule has 0 radical (unpaired) electrons. The summed E-state index contributed by atoms with van der Waals surface area (Å²) < 4.78 is 48.4. The quantitative estimate of drug-likeness (QED) is 0.491. The van der Waals surface area contributed by atoms with Crippen LogP contribution < -0.4 is 25.0 Å². The molecule has 1 saturated carbocycles. The van der Waals surface area contributed by atoms with Crippen LogP contribution in [-0.2, 0) is 6.54 Å². The number of hydrogen-bond donors (Lipinski definition) is 2. The van der Waals surface area contributed by atoms with Crippen LogP contribution in [-0.4, -0.2) is 38.9 Å². The molecular formula is C25H30F3N3O3. The van der Waals surface area contributed by atoms with Crippen LogP contribution in [0.1, 0.15) is 40.7 Å². The molecule has 1 aliphatic rings. The summed E-state index contributed by atoms with van der Waals surface area (Å²) in [7, 11) is 2.68. The van der Waals surface area contributed by atoms with Crippen LogP contribution in [0.5, 0.6) is 11.5 Å². The Morgan fingerprint density at radius 3 is 2.29 bits per heavy atom. The summed E-state index contributed by atoms with van der Waals surface area (Å²) in [6.45, 7) is 5.24. The van der Waals surface area contributed by atoms with Crippen molar-refractivity contribution in [1.82, 2.24) is 10.6 Å². The van der Waals surface area contributed by atoms with Gasteiger partial charge in [-0.3, -0.25) is 4.79 Å². The SMILES string of the molecule is C=CN(c1cc(OC)c(C(=O)NCC(F)(F)F)c(OC)c1)c1ccc(CNC2CCC2)cc1C. The third kappa shape index (κ3) is 6.02. The molecule has 1 aliphatic carbocycles. The normalized spacial score (nSPS) is 13.7. The molecule has 0 aromatic heterocycles. The Morgan fingerprint density at radius 1 is 1.18 bits per heavy atom. The zero-order chi connectivity index (χ0) is 24.9. The van der Waals surface area contributed by atoms with Crippen LogP contribution in [0.3, 0.4) is 0 Å². The first-order valence-corrected chi connectivity index (χ1v) is 11.0. The van der Waals surface area contributed by atoms with E-state index >= 15 is 0 Å². The van der Waals surface area contributed by atoms with Gasteiger partial charge in [0.05, 0.1) is 19.9 Å². The lowest BCUT2D eigenvalue weighted by Crippen LogP contribution is -2.34. The van der Waals surface area contributed by atoms with Gasteiger partial charge < -0.3 is 25.0 Å². The molecule has 0 heterocycles. The van der Waals surface area contributed by atoms with Gasteiger partial charge in [0.25, 0.3) is 5.91 Å². The summed E-state index contributed by atoms with van der Waals surface area (Å²) in [5, 5.41) is 5.41. The topological polar surface area (TPSA) is 62.8 Å². The summed E-state index contributed by atoms with van der Waals surface area (Å²) in [6.07, 6.45) is 0.795. The third-order valence-corrected chi connectivity index (χ3v) is 5.85. The van der Waals surface area contributed by atoms with E-state index < -0.39 is 18.6 Å². The van der Waals surface area contributed by atoms with E-state index in [1.165, 1.54) is 39.0 Å². The zero-order valence-corrected chi connectivity index (χ0v) is 19.6. The largest absolute Gasteiger partial charge is 0.496 e. The number of aryl methyl sites for hydroxylation is 1. The number of carbonyl (C=O) groups is 1.